The summed E-state index contributed by atoms with van der Waals surface area (Å²) in [6, 6.07) is 6.71. The van der Waals surface area contributed by atoms with Gasteiger partial charge < -0.3 is 10.2 Å². The fourth-order valence-corrected chi connectivity index (χ4v) is 3.21. The molecule has 1 fully saturated rings. The molecule has 3 unspecified atom stereocenters. The Balaban J connectivity index is 2.26. The van der Waals surface area contributed by atoms with Crippen molar-refractivity contribution in [3.63, 3.8) is 0 Å². The van der Waals surface area contributed by atoms with Crippen molar-refractivity contribution in [1.82, 2.24) is 5.32 Å². The first kappa shape index (κ1) is 14.0. The van der Waals surface area contributed by atoms with Gasteiger partial charge in [-0.2, -0.15) is 0 Å². The summed E-state index contributed by atoms with van der Waals surface area (Å²) in [6.45, 7) is 5.55. The van der Waals surface area contributed by atoms with E-state index in [1.165, 1.54) is 0 Å². The summed E-state index contributed by atoms with van der Waals surface area (Å²) in [5.74, 6) is 0.582. The maximum Gasteiger partial charge on any atom is 0.0640 e. The van der Waals surface area contributed by atoms with E-state index in [0.29, 0.717) is 18.0 Å². The maximum atomic E-state index is 6.30. The molecule has 0 saturated carbocycles. The van der Waals surface area contributed by atoms with Crippen molar-refractivity contribution in [1.29, 1.82) is 0 Å². The van der Waals surface area contributed by atoms with E-state index < -0.39 is 0 Å². The van der Waals surface area contributed by atoms with Gasteiger partial charge in [0.05, 0.1) is 10.7 Å². The first-order valence-corrected chi connectivity index (χ1v) is 7.19. The van der Waals surface area contributed by atoms with Crippen molar-refractivity contribution < 1.29 is 0 Å². The number of nitrogens with zero attached hydrogens (tertiary/aromatic N) is 1. The number of nitrogens with one attached hydrogen (secondary N) is 1. The van der Waals surface area contributed by atoms with Crippen LogP contribution in [0.1, 0.15) is 20.3 Å². The number of rotatable bonds is 2. The van der Waals surface area contributed by atoms with Crippen LogP contribution < -0.4 is 10.2 Å². The Kier molecular flexibility index (Phi) is 4.41. The molecule has 4 heteroatoms. The molecule has 0 aromatic heterocycles. The van der Waals surface area contributed by atoms with Crippen molar-refractivity contribution in [3.05, 3.63) is 28.2 Å². The average Bonchev–Trinajstić information content (AvgIpc) is 2.36. The van der Waals surface area contributed by atoms with Crippen molar-refractivity contribution in [2.24, 2.45) is 5.92 Å². The molecule has 1 heterocycles. The van der Waals surface area contributed by atoms with Gasteiger partial charge in [-0.15, -0.1) is 0 Å². The maximum absolute atomic E-state index is 6.30. The molecule has 0 amide bonds. The van der Waals surface area contributed by atoms with Crippen LogP contribution >= 0.6 is 23.2 Å². The van der Waals surface area contributed by atoms with E-state index >= 15 is 0 Å². The van der Waals surface area contributed by atoms with Gasteiger partial charge >= 0.3 is 0 Å². The predicted molar refractivity (Wildman–Crippen MR) is 79.9 cm³/mol. The van der Waals surface area contributed by atoms with Crippen LogP contribution in [0, 0.1) is 5.92 Å². The third-order valence-corrected chi connectivity index (χ3v) is 4.71. The van der Waals surface area contributed by atoms with Crippen LogP contribution in [0.4, 0.5) is 5.69 Å². The van der Waals surface area contributed by atoms with Crippen molar-refractivity contribution in [2.45, 2.75) is 32.4 Å². The highest BCUT2D eigenvalue weighted by atomic mass is 35.5. The molecule has 100 valence electrons. The summed E-state index contributed by atoms with van der Waals surface area (Å²) >= 11 is 12.4. The second-order valence-corrected chi connectivity index (χ2v) is 5.92. The van der Waals surface area contributed by atoms with Crippen LogP contribution in [0.5, 0.6) is 0 Å². The quantitative estimate of drug-likeness (QED) is 0.889. The van der Waals surface area contributed by atoms with Crippen LogP contribution in [-0.2, 0) is 0 Å². The summed E-state index contributed by atoms with van der Waals surface area (Å²) in [4.78, 5) is 2.37. The van der Waals surface area contributed by atoms with Gasteiger partial charge in [-0.1, -0.05) is 30.1 Å². The summed E-state index contributed by atoms with van der Waals surface area (Å²) in [5.41, 5.74) is 1.05. The van der Waals surface area contributed by atoms with Crippen LogP contribution in [0.2, 0.25) is 10.0 Å². The number of anilines is 1. The highest BCUT2D eigenvalue weighted by Crippen LogP contribution is 2.35. The second kappa shape index (κ2) is 5.68. The van der Waals surface area contributed by atoms with Crippen molar-refractivity contribution in [2.75, 3.05) is 18.5 Å². The van der Waals surface area contributed by atoms with Gasteiger partial charge in [0.25, 0.3) is 0 Å². The second-order valence-electron chi connectivity index (χ2n) is 5.07. The molecular weight excluding hydrogens is 267 g/mol. The van der Waals surface area contributed by atoms with Gasteiger partial charge in [0.2, 0.25) is 0 Å². The Labute approximate surface area is 119 Å². The smallest absolute Gasteiger partial charge is 0.0640 e. The third kappa shape index (κ3) is 2.61. The summed E-state index contributed by atoms with van der Waals surface area (Å²) in [6.07, 6.45) is 1.13. The molecule has 2 nitrogen and oxygen atoms in total. The van der Waals surface area contributed by atoms with Crippen LogP contribution in [0.3, 0.4) is 0 Å². The summed E-state index contributed by atoms with van der Waals surface area (Å²) in [7, 11) is 2.04. The Bertz CT molecular complexity index is 422. The Morgan fingerprint density at radius 2 is 2.00 bits per heavy atom. The fraction of sp³-hybridized carbons (Fsp3) is 0.571. The molecule has 1 N–H and O–H groups in total. The SMILES string of the molecule is CNC1CCN(c2cc(Cl)ccc2Cl)C(C)C1C. The predicted octanol–water partition coefficient (Wildman–Crippen LogP) is 3.82. The minimum Gasteiger partial charge on any atom is -0.367 e. The first-order chi connectivity index (χ1) is 8.54. The Hall–Kier alpha value is -0.440. The molecule has 0 bridgehead atoms. The highest BCUT2D eigenvalue weighted by molar-refractivity contribution is 6.35. The minimum absolute atomic E-state index is 0.451. The van der Waals surface area contributed by atoms with Gasteiger partial charge in [0.15, 0.2) is 0 Å². The van der Waals surface area contributed by atoms with E-state index in [2.05, 4.69) is 24.1 Å². The molecule has 1 aliphatic heterocycles. The summed E-state index contributed by atoms with van der Waals surface area (Å²) < 4.78 is 0. The zero-order valence-corrected chi connectivity index (χ0v) is 12.6. The van der Waals surface area contributed by atoms with Crippen LogP contribution in [0.15, 0.2) is 18.2 Å². The molecule has 1 aromatic rings. The number of hydrogen-bond acceptors (Lipinski definition) is 2. The van der Waals surface area contributed by atoms with Crippen LogP contribution in [-0.4, -0.2) is 25.7 Å². The normalized spacial score (nSPS) is 28.5. The van der Waals surface area contributed by atoms with Gasteiger partial charge in [0, 0.05) is 23.7 Å². The lowest BCUT2D eigenvalue weighted by molar-refractivity contribution is 0.283. The molecule has 18 heavy (non-hydrogen) atoms. The lowest BCUT2D eigenvalue weighted by Crippen LogP contribution is -2.52. The zero-order valence-electron chi connectivity index (χ0n) is 11.1. The molecule has 2 rings (SSSR count). The first-order valence-electron chi connectivity index (χ1n) is 6.43. The number of piperidine rings is 1. The highest BCUT2D eigenvalue weighted by Gasteiger charge is 2.32. The molecule has 3 atom stereocenters. The van der Waals surface area contributed by atoms with Crippen molar-refractivity contribution in [3.8, 4) is 0 Å². The van der Waals surface area contributed by atoms with E-state index in [9.17, 15) is 0 Å². The molecule has 1 aliphatic rings. The number of hydrogen-bond donors (Lipinski definition) is 1. The Morgan fingerprint density at radius 1 is 1.28 bits per heavy atom. The van der Waals surface area contributed by atoms with E-state index in [0.717, 1.165) is 28.7 Å². The van der Waals surface area contributed by atoms with Crippen LogP contribution in [0.25, 0.3) is 0 Å². The van der Waals surface area contributed by atoms with E-state index in [4.69, 9.17) is 23.2 Å². The standard InChI is InChI=1S/C14H20Cl2N2/c1-9-10(2)18(7-6-13(9)17-3)14-8-11(15)4-5-12(14)16/h4-5,8-10,13,17H,6-7H2,1-3H3. The molecule has 0 aliphatic carbocycles. The summed E-state index contributed by atoms with van der Waals surface area (Å²) in [5, 5.41) is 4.92. The molecular formula is C14H20Cl2N2. The average molecular weight is 287 g/mol. The number of benzene rings is 1. The monoisotopic (exact) mass is 286 g/mol. The van der Waals surface area contributed by atoms with Crippen molar-refractivity contribution >= 4 is 28.9 Å². The molecule has 0 spiro atoms. The minimum atomic E-state index is 0.451. The third-order valence-electron chi connectivity index (χ3n) is 4.16. The molecule has 1 aromatic carbocycles. The fourth-order valence-electron chi connectivity index (χ4n) is 2.82. The van der Waals surface area contributed by atoms with Gasteiger partial charge in [-0.3, -0.25) is 0 Å². The van der Waals surface area contributed by atoms with Gasteiger partial charge in [-0.05, 0) is 44.5 Å². The Morgan fingerprint density at radius 3 is 2.67 bits per heavy atom. The lowest BCUT2D eigenvalue weighted by Gasteiger charge is -2.44. The molecule has 0 radical (unpaired) electrons. The van der Waals surface area contributed by atoms with E-state index in [-0.39, 0.29) is 0 Å². The van der Waals surface area contributed by atoms with E-state index in [1.54, 1.807) is 0 Å². The molecule has 1 saturated heterocycles. The largest absolute Gasteiger partial charge is 0.367 e. The van der Waals surface area contributed by atoms with Gasteiger partial charge in [-0.25, -0.2) is 0 Å². The lowest BCUT2D eigenvalue weighted by atomic mass is 9.87. The van der Waals surface area contributed by atoms with Gasteiger partial charge in [0.1, 0.15) is 0 Å². The zero-order chi connectivity index (χ0) is 13.3. The topological polar surface area (TPSA) is 15.3 Å². The number of halogens is 2. The van der Waals surface area contributed by atoms with E-state index in [1.807, 2.05) is 25.2 Å².